The third-order valence-electron chi connectivity index (χ3n) is 7.77. The topological polar surface area (TPSA) is 108 Å². The van der Waals surface area contributed by atoms with Crippen LogP contribution in [0.2, 0.25) is 5.02 Å². The van der Waals surface area contributed by atoms with Gasteiger partial charge in [-0.25, -0.2) is 0 Å². The Balaban J connectivity index is 1.41. The molecule has 4 rings (SSSR count). The number of nitrogens with one attached hydrogen (secondary N) is 2. The van der Waals surface area contributed by atoms with Gasteiger partial charge in [0.1, 0.15) is 11.6 Å². The molecule has 2 fully saturated rings. The van der Waals surface area contributed by atoms with Crippen LogP contribution in [0.1, 0.15) is 43.2 Å². The summed E-state index contributed by atoms with van der Waals surface area (Å²) in [5.74, 6) is -0.420. The number of halogens is 1. The number of rotatable bonds is 9. The first-order valence-electron chi connectivity index (χ1n) is 13.5. The van der Waals surface area contributed by atoms with Crippen LogP contribution in [0.15, 0.2) is 54.6 Å². The molecule has 8 nitrogen and oxygen atoms in total. The van der Waals surface area contributed by atoms with Crippen molar-refractivity contribution in [2.75, 3.05) is 32.7 Å². The number of piperazine rings is 1. The Labute approximate surface area is 229 Å². The highest BCUT2D eigenvalue weighted by atomic mass is 35.5. The van der Waals surface area contributed by atoms with Crippen molar-refractivity contribution in [1.82, 2.24) is 20.4 Å². The Kier molecular flexibility index (Phi) is 9.77. The average molecular weight is 540 g/mol. The summed E-state index contributed by atoms with van der Waals surface area (Å²) in [6, 6.07) is 16.5. The summed E-state index contributed by atoms with van der Waals surface area (Å²) in [6.07, 6.45) is 5.19. The van der Waals surface area contributed by atoms with Crippen LogP contribution in [0.4, 0.5) is 0 Å². The van der Waals surface area contributed by atoms with Crippen LogP contribution in [0.5, 0.6) is 0 Å². The maximum absolute atomic E-state index is 13.6. The summed E-state index contributed by atoms with van der Waals surface area (Å²) in [4.78, 5) is 43.3. The Morgan fingerprint density at radius 2 is 1.55 bits per heavy atom. The average Bonchev–Trinajstić information content (AvgIpc) is 2.97. The number of amides is 3. The second-order valence-electron chi connectivity index (χ2n) is 10.2. The molecular formula is C29H38ClN5O3. The molecule has 0 spiro atoms. The smallest absolute Gasteiger partial charge is 0.245 e. The molecular weight excluding hydrogens is 502 g/mol. The number of hydrogen-bond acceptors (Lipinski definition) is 5. The van der Waals surface area contributed by atoms with Gasteiger partial charge in [-0.3, -0.25) is 19.3 Å². The Morgan fingerprint density at radius 3 is 2.18 bits per heavy atom. The van der Waals surface area contributed by atoms with Crippen LogP contribution in [0, 0.1) is 0 Å². The summed E-state index contributed by atoms with van der Waals surface area (Å²) in [5.41, 5.74) is 6.96. The van der Waals surface area contributed by atoms with Crippen LogP contribution >= 0.6 is 11.6 Å². The fourth-order valence-electron chi connectivity index (χ4n) is 5.65. The quantitative estimate of drug-likeness (QED) is 0.454. The number of nitrogens with zero attached hydrogens (tertiary/aromatic N) is 2. The molecule has 3 amide bonds. The van der Waals surface area contributed by atoms with Crippen molar-refractivity contribution >= 4 is 29.3 Å². The van der Waals surface area contributed by atoms with Gasteiger partial charge in [0.05, 0.1) is 6.54 Å². The highest BCUT2D eigenvalue weighted by molar-refractivity contribution is 6.30. The van der Waals surface area contributed by atoms with Crippen LogP contribution in [-0.2, 0) is 27.3 Å². The van der Waals surface area contributed by atoms with Gasteiger partial charge in [-0.05, 0) is 36.1 Å². The van der Waals surface area contributed by atoms with Gasteiger partial charge in [0, 0.05) is 44.2 Å². The summed E-state index contributed by atoms with van der Waals surface area (Å²) in [6.45, 7) is 2.56. The summed E-state index contributed by atoms with van der Waals surface area (Å²) >= 11 is 6.01. The van der Waals surface area contributed by atoms with Crippen molar-refractivity contribution in [2.45, 2.75) is 56.7 Å². The minimum Gasteiger partial charge on any atom is -0.350 e. The Morgan fingerprint density at radius 1 is 0.895 bits per heavy atom. The second-order valence-corrected chi connectivity index (χ2v) is 10.7. The van der Waals surface area contributed by atoms with Crippen molar-refractivity contribution in [2.24, 2.45) is 5.73 Å². The zero-order valence-corrected chi connectivity index (χ0v) is 22.6. The highest BCUT2D eigenvalue weighted by Crippen LogP contribution is 2.35. The molecule has 4 N–H and O–H groups in total. The number of hydrogen-bond donors (Lipinski definition) is 3. The van der Waals surface area contributed by atoms with E-state index < -0.39 is 11.6 Å². The van der Waals surface area contributed by atoms with Gasteiger partial charge in [-0.1, -0.05) is 73.3 Å². The predicted octanol–water partition coefficient (Wildman–Crippen LogP) is 2.49. The molecule has 1 saturated heterocycles. The van der Waals surface area contributed by atoms with Crippen molar-refractivity contribution in [3.8, 4) is 0 Å². The number of nitrogens with two attached hydrogens (primary N) is 1. The first kappa shape index (κ1) is 28.1. The number of benzene rings is 2. The van der Waals surface area contributed by atoms with E-state index in [9.17, 15) is 14.4 Å². The third-order valence-corrected chi connectivity index (χ3v) is 8.02. The zero-order chi connectivity index (χ0) is 27.0. The third kappa shape index (κ3) is 6.92. The van der Waals surface area contributed by atoms with Crippen molar-refractivity contribution < 1.29 is 14.4 Å². The first-order valence-corrected chi connectivity index (χ1v) is 13.9. The van der Waals surface area contributed by atoms with E-state index in [-0.39, 0.29) is 24.3 Å². The molecule has 0 radical (unpaired) electrons. The van der Waals surface area contributed by atoms with E-state index >= 15 is 0 Å². The van der Waals surface area contributed by atoms with Crippen LogP contribution in [-0.4, -0.2) is 71.8 Å². The summed E-state index contributed by atoms with van der Waals surface area (Å²) in [7, 11) is 0. The molecule has 1 heterocycles. The Hall–Kier alpha value is -2.94. The van der Waals surface area contributed by atoms with E-state index in [1.54, 1.807) is 17.0 Å². The SMILES string of the molecule is NCC(=O)NC(Cc1ccc(Cl)cc1)C(=O)N1CCN(C2(C(=O)NCc3ccccc3)CCCCC2)CC1. The van der Waals surface area contributed by atoms with Crippen molar-refractivity contribution in [3.05, 3.63) is 70.7 Å². The molecule has 2 aromatic rings. The van der Waals surface area contributed by atoms with Crippen LogP contribution in [0.25, 0.3) is 0 Å². The Bertz CT molecular complexity index is 1080. The standard InChI is InChI=1S/C29H38ClN5O3/c30-24-11-9-22(10-12-24)19-25(33-26(36)20-31)27(37)34-15-17-35(18-16-34)29(13-5-2-6-14-29)28(38)32-21-23-7-3-1-4-8-23/h1,3-4,7-12,25H,2,5-6,13-21,31H2,(H,32,38)(H,33,36). The maximum atomic E-state index is 13.6. The van der Waals surface area contributed by atoms with Crippen molar-refractivity contribution in [3.63, 3.8) is 0 Å². The lowest BCUT2D eigenvalue weighted by Gasteiger charge is -2.48. The molecule has 1 saturated carbocycles. The maximum Gasteiger partial charge on any atom is 0.245 e. The van der Waals surface area contributed by atoms with E-state index in [4.69, 9.17) is 17.3 Å². The van der Waals surface area contributed by atoms with Crippen LogP contribution < -0.4 is 16.4 Å². The molecule has 2 aliphatic rings. The van der Waals surface area contributed by atoms with E-state index in [0.29, 0.717) is 44.2 Å². The summed E-state index contributed by atoms with van der Waals surface area (Å²) < 4.78 is 0. The largest absolute Gasteiger partial charge is 0.350 e. The predicted molar refractivity (Wildman–Crippen MR) is 148 cm³/mol. The van der Waals surface area contributed by atoms with Gasteiger partial charge < -0.3 is 21.3 Å². The van der Waals surface area contributed by atoms with E-state index in [1.165, 1.54) is 0 Å². The van der Waals surface area contributed by atoms with E-state index in [2.05, 4.69) is 15.5 Å². The van der Waals surface area contributed by atoms with Crippen molar-refractivity contribution in [1.29, 1.82) is 0 Å². The molecule has 38 heavy (non-hydrogen) atoms. The van der Waals surface area contributed by atoms with Gasteiger partial charge in [-0.15, -0.1) is 0 Å². The van der Waals surface area contributed by atoms with Gasteiger partial charge in [-0.2, -0.15) is 0 Å². The van der Waals surface area contributed by atoms with Gasteiger partial charge in [0.15, 0.2) is 0 Å². The lowest BCUT2D eigenvalue weighted by Crippen LogP contribution is -2.65. The minimum absolute atomic E-state index is 0.0802. The lowest BCUT2D eigenvalue weighted by atomic mass is 9.79. The van der Waals surface area contributed by atoms with E-state index in [1.807, 2.05) is 42.5 Å². The normalized spacial score (nSPS) is 18.4. The lowest BCUT2D eigenvalue weighted by molar-refractivity contribution is -0.143. The van der Waals surface area contributed by atoms with Gasteiger partial charge in [0.25, 0.3) is 0 Å². The number of carbonyl (C=O) groups is 3. The number of carbonyl (C=O) groups excluding carboxylic acids is 3. The minimum atomic E-state index is -0.711. The monoisotopic (exact) mass is 539 g/mol. The van der Waals surface area contributed by atoms with Crippen LogP contribution in [0.3, 0.4) is 0 Å². The highest BCUT2D eigenvalue weighted by Gasteiger charge is 2.46. The molecule has 0 bridgehead atoms. The molecule has 0 aromatic heterocycles. The molecule has 204 valence electrons. The molecule has 1 atom stereocenters. The molecule has 2 aromatic carbocycles. The fraction of sp³-hybridized carbons (Fsp3) is 0.483. The molecule has 9 heteroatoms. The van der Waals surface area contributed by atoms with Gasteiger partial charge >= 0.3 is 0 Å². The fourth-order valence-corrected chi connectivity index (χ4v) is 5.78. The molecule has 1 aliphatic carbocycles. The molecule has 1 unspecified atom stereocenters. The summed E-state index contributed by atoms with van der Waals surface area (Å²) in [5, 5.41) is 6.60. The van der Waals surface area contributed by atoms with Gasteiger partial charge in [0.2, 0.25) is 17.7 Å². The first-order chi connectivity index (χ1) is 18.4. The zero-order valence-electron chi connectivity index (χ0n) is 21.8. The van der Waals surface area contributed by atoms with E-state index in [0.717, 1.165) is 43.2 Å². The molecule has 1 aliphatic heterocycles. The second kappa shape index (κ2) is 13.2.